The molecule has 2 rings (SSSR count). The Labute approximate surface area is 176 Å². The summed E-state index contributed by atoms with van der Waals surface area (Å²) in [7, 11) is 4.30. The Hall–Kier alpha value is -0.860. The molecule has 1 fully saturated rings. The summed E-state index contributed by atoms with van der Waals surface area (Å²) in [6.45, 7) is 8.51. The molecule has 1 heterocycles. The SMILES string of the molecule is CCNC(=NCC1(N(C)C)CCOCC1)NCC(C)c1ccccc1.I. The Morgan fingerprint density at radius 2 is 1.85 bits per heavy atom. The van der Waals surface area contributed by atoms with Gasteiger partial charge in [-0.3, -0.25) is 4.99 Å². The molecule has 0 aromatic heterocycles. The summed E-state index contributed by atoms with van der Waals surface area (Å²) in [5.41, 5.74) is 1.45. The monoisotopic (exact) mass is 474 g/mol. The topological polar surface area (TPSA) is 48.9 Å². The van der Waals surface area contributed by atoms with Crippen molar-refractivity contribution in [1.82, 2.24) is 15.5 Å². The van der Waals surface area contributed by atoms with Crippen LogP contribution in [-0.2, 0) is 4.74 Å². The third-order valence-corrected chi connectivity index (χ3v) is 5.19. The Morgan fingerprint density at radius 1 is 1.19 bits per heavy atom. The van der Waals surface area contributed by atoms with E-state index in [9.17, 15) is 0 Å². The largest absolute Gasteiger partial charge is 0.381 e. The van der Waals surface area contributed by atoms with Gasteiger partial charge in [-0.1, -0.05) is 37.3 Å². The van der Waals surface area contributed by atoms with E-state index in [2.05, 4.69) is 73.8 Å². The molecule has 0 saturated carbocycles. The maximum atomic E-state index is 5.55. The third kappa shape index (κ3) is 6.70. The van der Waals surface area contributed by atoms with Gasteiger partial charge in [0, 0.05) is 31.8 Å². The van der Waals surface area contributed by atoms with Crippen molar-refractivity contribution < 1.29 is 4.74 Å². The number of benzene rings is 1. The lowest BCUT2D eigenvalue weighted by Crippen LogP contribution is -2.51. The predicted molar refractivity (Wildman–Crippen MR) is 121 cm³/mol. The number of aliphatic imine (C=N–C) groups is 1. The number of nitrogens with one attached hydrogen (secondary N) is 2. The lowest BCUT2D eigenvalue weighted by molar-refractivity contribution is -0.00254. The molecule has 6 heteroatoms. The maximum Gasteiger partial charge on any atom is 0.191 e. The first-order chi connectivity index (χ1) is 12.1. The molecule has 1 atom stereocenters. The average molecular weight is 474 g/mol. The lowest BCUT2D eigenvalue weighted by atomic mass is 9.89. The molecule has 148 valence electrons. The van der Waals surface area contributed by atoms with Crippen molar-refractivity contribution in [3.63, 3.8) is 0 Å². The molecule has 0 amide bonds. The molecule has 1 aliphatic rings. The zero-order valence-corrected chi connectivity index (χ0v) is 19.0. The highest BCUT2D eigenvalue weighted by Crippen LogP contribution is 2.26. The normalized spacial score (nSPS) is 18.1. The molecular formula is C20H35IN4O. The second-order valence-electron chi connectivity index (χ2n) is 7.12. The van der Waals surface area contributed by atoms with Gasteiger partial charge in [-0.25, -0.2) is 0 Å². The van der Waals surface area contributed by atoms with Crippen LogP contribution in [0.25, 0.3) is 0 Å². The number of ether oxygens (including phenoxy) is 1. The van der Waals surface area contributed by atoms with Gasteiger partial charge in [0.25, 0.3) is 0 Å². The van der Waals surface area contributed by atoms with E-state index in [1.165, 1.54) is 5.56 Å². The van der Waals surface area contributed by atoms with E-state index in [0.29, 0.717) is 5.92 Å². The van der Waals surface area contributed by atoms with Crippen molar-refractivity contribution in [2.24, 2.45) is 4.99 Å². The molecule has 1 aliphatic heterocycles. The summed E-state index contributed by atoms with van der Waals surface area (Å²) < 4.78 is 5.55. The molecule has 0 spiro atoms. The van der Waals surface area contributed by atoms with Crippen molar-refractivity contribution in [2.45, 2.75) is 38.1 Å². The van der Waals surface area contributed by atoms with Crippen molar-refractivity contribution in [2.75, 3.05) is 46.9 Å². The van der Waals surface area contributed by atoms with Crippen LogP contribution in [0.2, 0.25) is 0 Å². The molecule has 1 aromatic rings. The number of halogens is 1. The molecule has 0 bridgehead atoms. The quantitative estimate of drug-likeness (QED) is 0.363. The van der Waals surface area contributed by atoms with Crippen molar-refractivity contribution >= 4 is 29.9 Å². The molecule has 0 radical (unpaired) electrons. The summed E-state index contributed by atoms with van der Waals surface area (Å²) in [6, 6.07) is 10.6. The fourth-order valence-electron chi connectivity index (χ4n) is 3.22. The van der Waals surface area contributed by atoms with Crippen LogP contribution >= 0.6 is 24.0 Å². The van der Waals surface area contributed by atoms with Crippen LogP contribution in [-0.4, -0.2) is 63.3 Å². The van der Waals surface area contributed by atoms with E-state index >= 15 is 0 Å². The highest BCUT2D eigenvalue weighted by atomic mass is 127. The van der Waals surface area contributed by atoms with E-state index < -0.39 is 0 Å². The first-order valence-corrected chi connectivity index (χ1v) is 9.40. The molecular weight excluding hydrogens is 439 g/mol. The highest BCUT2D eigenvalue weighted by Gasteiger charge is 2.34. The Morgan fingerprint density at radius 3 is 2.42 bits per heavy atom. The predicted octanol–water partition coefficient (Wildman–Crippen LogP) is 3.07. The first kappa shape index (κ1) is 23.2. The van der Waals surface area contributed by atoms with Gasteiger partial charge in [0.15, 0.2) is 5.96 Å². The van der Waals surface area contributed by atoms with E-state index in [4.69, 9.17) is 9.73 Å². The summed E-state index contributed by atoms with van der Waals surface area (Å²) in [5, 5.41) is 6.88. The molecule has 1 saturated heterocycles. The van der Waals surface area contributed by atoms with E-state index in [0.717, 1.165) is 51.6 Å². The number of hydrogen-bond donors (Lipinski definition) is 2. The van der Waals surface area contributed by atoms with Crippen LogP contribution in [0.5, 0.6) is 0 Å². The van der Waals surface area contributed by atoms with Crippen LogP contribution in [0.15, 0.2) is 35.3 Å². The van der Waals surface area contributed by atoms with Crippen molar-refractivity contribution in [1.29, 1.82) is 0 Å². The van der Waals surface area contributed by atoms with Crippen LogP contribution in [0, 0.1) is 0 Å². The van der Waals surface area contributed by atoms with Gasteiger partial charge >= 0.3 is 0 Å². The Kier molecular flexibility index (Phi) is 10.5. The Bertz CT molecular complexity index is 530. The van der Waals surface area contributed by atoms with Gasteiger partial charge in [0.05, 0.1) is 6.54 Å². The number of likely N-dealkylation sites (N-methyl/N-ethyl adjacent to an activating group) is 1. The minimum atomic E-state index is 0. The van der Waals surface area contributed by atoms with Crippen LogP contribution in [0.1, 0.15) is 38.2 Å². The van der Waals surface area contributed by atoms with Gasteiger partial charge in [-0.2, -0.15) is 0 Å². The second kappa shape index (κ2) is 11.8. The van der Waals surface area contributed by atoms with Crippen LogP contribution < -0.4 is 10.6 Å². The van der Waals surface area contributed by atoms with Gasteiger partial charge in [0.1, 0.15) is 0 Å². The highest BCUT2D eigenvalue weighted by molar-refractivity contribution is 14.0. The van der Waals surface area contributed by atoms with E-state index in [-0.39, 0.29) is 29.5 Å². The lowest BCUT2D eigenvalue weighted by Gasteiger charge is -2.41. The van der Waals surface area contributed by atoms with Crippen molar-refractivity contribution in [3.05, 3.63) is 35.9 Å². The zero-order valence-electron chi connectivity index (χ0n) is 16.6. The molecule has 1 aromatic carbocycles. The zero-order chi connectivity index (χ0) is 18.1. The molecule has 0 aliphatic carbocycles. The molecule has 26 heavy (non-hydrogen) atoms. The van der Waals surface area contributed by atoms with E-state index in [1.54, 1.807) is 0 Å². The second-order valence-corrected chi connectivity index (χ2v) is 7.12. The number of guanidine groups is 1. The smallest absolute Gasteiger partial charge is 0.191 e. The maximum absolute atomic E-state index is 5.55. The molecule has 1 unspecified atom stereocenters. The van der Waals surface area contributed by atoms with Gasteiger partial charge in [-0.15, -0.1) is 24.0 Å². The number of rotatable bonds is 7. The van der Waals surface area contributed by atoms with E-state index in [1.807, 2.05) is 0 Å². The number of nitrogens with zero attached hydrogens (tertiary/aromatic N) is 2. The summed E-state index contributed by atoms with van der Waals surface area (Å²) >= 11 is 0. The minimum absolute atomic E-state index is 0. The third-order valence-electron chi connectivity index (χ3n) is 5.19. The molecule has 5 nitrogen and oxygen atoms in total. The first-order valence-electron chi connectivity index (χ1n) is 9.40. The minimum Gasteiger partial charge on any atom is -0.381 e. The van der Waals surface area contributed by atoms with Crippen LogP contribution in [0.4, 0.5) is 0 Å². The summed E-state index contributed by atoms with van der Waals surface area (Å²) in [4.78, 5) is 7.21. The van der Waals surface area contributed by atoms with Gasteiger partial charge in [-0.05, 0) is 45.3 Å². The molecule has 2 N–H and O–H groups in total. The fourth-order valence-corrected chi connectivity index (χ4v) is 3.22. The van der Waals surface area contributed by atoms with Gasteiger partial charge < -0.3 is 20.3 Å². The Balaban J connectivity index is 0.00000338. The fraction of sp³-hybridized carbons (Fsp3) is 0.650. The summed E-state index contributed by atoms with van der Waals surface area (Å²) in [6.07, 6.45) is 2.06. The number of hydrogen-bond acceptors (Lipinski definition) is 3. The van der Waals surface area contributed by atoms with Gasteiger partial charge in [0.2, 0.25) is 0 Å². The van der Waals surface area contributed by atoms with Crippen LogP contribution in [0.3, 0.4) is 0 Å². The summed E-state index contributed by atoms with van der Waals surface area (Å²) in [5.74, 6) is 1.34. The average Bonchev–Trinajstić information content (AvgIpc) is 2.65. The standard InChI is InChI=1S/C20H34N4O.HI/c1-5-21-19(22-15-17(2)18-9-7-6-8-10-18)23-16-20(24(3)4)11-13-25-14-12-20;/h6-10,17H,5,11-16H2,1-4H3,(H2,21,22,23);1H. The van der Waals surface area contributed by atoms with Crippen molar-refractivity contribution in [3.8, 4) is 0 Å².